The summed E-state index contributed by atoms with van der Waals surface area (Å²) in [4.78, 5) is 37.7. The highest BCUT2D eigenvalue weighted by atomic mass is 16.5. The van der Waals surface area contributed by atoms with Gasteiger partial charge in [0, 0.05) is 19.3 Å². The molecule has 1 aromatic rings. The van der Waals surface area contributed by atoms with Gasteiger partial charge in [0.1, 0.15) is 5.69 Å². The summed E-state index contributed by atoms with van der Waals surface area (Å²) in [6.45, 7) is 1.85. The quantitative estimate of drug-likeness (QED) is 0.699. The van der Waals surface area contributed by atoms with Crippen molar-refractivity contribution in [2.24, 2.45) is 0 Å². The maximum absolute atomic E-state index is 11.9. The molecule has 0 saturated carbocycles. The van der Waals surface area contributed by atoms with E-state index in [0.717, 1.165) is 0 Å². The molecule has 20 heavy (non-hydrogen) atoms. The lowest BCUT2D eigenvalue weighted by Gasteiger charge is -2.17. The average Bonchev–Trinajstić information content (AvgIpc) is 2.76. The van der Waals surface area contributed by atoms with Crippen molar-refractivity contribution >= 4 is 23.7 Å². The number of aryl methyl sites for hydroxylation is 1. The SMILES string of the molecule is COC(=O)CCN(C)C(=O)Nc1cc(C)[nH]c1C(=O)O. The molecule has 1 rings (SSSR count). The van der Waals surface area contributed by atoms with Crippen LogP contribution in [0.2, 0.25) is 0 Å². The van der Waals surface area contributed by atoms with Crippen LogP contribution in [-0.2, 0) is 9.53 Å². The fourth-order valence-electron chi connectivity index (χ4n) is 1.53. The molecule has 0 aromatic carbocycles. The van der Waals surface area contributed by atoms with E-state index >= 15 is 0 Å². The molecule has 0 atom stereocenters. The molecule has 0 fully saturated rings. The van der Waals surface area contributed by atoms with Gasteiger partial charge in [-0.3, -0.25) is 4.79 Å². The minimum atomic E-state index is -1.16. The Kier molecular flexibility index (Phi) is 5.13. The van der Waals surface area contributed by atoms with Crippen LogP contribution in [0.4, 0.5) is 10.5 Å². The zero-order valence-corrected chi connectivity index (χ0v) is 11.5. The van der Waals surface area contributed by atoms with Crippen molar-refractivity contribution in [3.63, 3.8) is 0 Å². The topological polar surface area (TPSA) is 112 Å². The van der Waals surface area contributed by atoms with Gasteiger partial charge in [0.15, 0.2) is 0 Å². The first kappa shape index (κ1) is 15.5. The van der Waals surface area contributed by atoms with Crippen molar-refractivity contribution in [2.45, 2.75) is 13.3 Å². The summed E-state index contributed by atoms with van der Waals surface area (Å²) in [5.41, 5.74) is 0.719. The smallest absolute Gasteiger partial charge is 0.354 e. The molecule has 2 amide bonds. The Labute approximate surface area is 115 Å². The van der Waals surface area contributed by atoms with Crippen LogP contribution in [0.3, 0.4) is 0 Å². The van der Waals surface area contributed by atoms with Crippen LogP contribution in [-0.4, -0.2) is 53.7 Å². The van der Waals surface area contributed by atoms with E-state index in [2.05, 4.69) is 15.0 Å². The third kappa shape index (κ3) is 4.01. The Morgan fingerprint density at radius 3 is 2.65 bits per heavy atom. The number of anilines is 1. The van der Waals surface area contributed by atoms with Gasteiger partial charge in [-0.15, -0.1) is 0 Å². The zero-order valence-electron chi connectivity index (χ0n) is 11.5. The first-order valence-corrected chi connectivity index (χ1v) is 5.87. The van der Waals surface area contributed by atoms with Crippen molar-refractivity contribution in [3.05, 3.63) is 17.5 Å². The minimum Gasteiger partial charge on any atom is -0.477 e. The molecule has 0 bridgehead atoms. The number of nitrogens with zero attached hydrogens (tertiary/aromatic N) is 1. The molecule has 0 aliphatic rings. The summed E-state index contributed by atoms with van der Waals surface area (Å²) < 4.78 is 4.47. The predicted octanol–water partition coefficient (Wildman–Crippen LogP) is 1.05. The molecule has 1 heterocycles. The summed E-state index contributed by atoms with van der Waals surface area (Å²) in [7, 11) is 2.77. The molecular formula is C12H17N3O5. The Hall–Kier alpha value is -2.51. The average molecular weight is 283 g/mol. The summed E-state index contributed by atoms with van der Waals surface area (Å²) in [6, 6.07) is 1.02. The van der Waals surface area contributed by atoms with E-state index in [9.17, 15) is 14.4 Å². The fraction of sp³-hybridized carbons (Fsp3) is 0.417. The van der Waals surface area contributed by atoms with Crippen LogP contribution in [0.25, 0.3) is 0 Å². The monoisotopic (exact) mass is 283 g/mol. The Bertz CT molecular complexity index is 523. The normalized spacial score (nSPS) is 9.95. The lowest BCUT2D eigenvalue weighted by Crippen LogP contribution is -2.33. The fourth-order valence-corrected chi connectivity index (χ4v) is 1.53. The first-order valence-electron chi connectivity index (χ1n) is 5.87. The number of ether oxygens (including phenoxy) is 1. The summed E-state index contributed by atoms with van der Waals surface area (Å²) in [5, 5.41) is 11.5. The maximum Gasteiger partial charge on any atom is 0.354 e. The van der Waals surface area contributed by atoms with Crippen molar-refractivity contribution in [1.29, 1.82) is 0 Å². The molecule has 8 heteroatoms. The lowest BCUT2D eigenvalue weighted by atomic mass is 10.3. The van der Waals surface area contributed by atoms with Crippen LogP contribution in [0, 0.1) is 6.92 Å². The number of nitrogens with one attached hydrogen (secondary N) is 2. The molecule has 110 valence electrons. The van der Waals surface area contributed by atoms with Gasteiger partial charge in [-0.1, -0.05) is 0 Å². The number of aromatic nitrogens is 1. The van der Waals surface area contributed by atoms with Crippen LogP contribution in [0.1, 0.15) is 22.6 Å². The molecule has 0 spiro atoms. The molecule has 0 saturated heterocycles. The van der Waals surface area contributed by atoms with E-state index in [1.54, 1.807) is 6.92 Å². The van der Waals surface area contributed by atoms with Crippen molar-refractivity contribution in [3.8, 4) is 0 Å². The number of hydrogen-bond donors (Lipinski definition) is 3. The number of rotatable bonds is 5. The van der Waals surface area contributed by atoms with Crippen LogP contribution >= 0.6 is 0 Å². The second-order valence-corrected chi connectivity index (χ2v) is 4.22. The Balaban J connectivity index is 2.66. The molecule has 0 aliphatic heterocycles. The summed E-state index contributed by atoms with van der Waals surface area (Å²) in [5.74, 6) is -1.58. The number of H-pyrrole nitrogens is 1. The standard InChI is InChI=1S/C12H17N3O5/c1-7-6-8(10(13-7)11(17)18)14-12(19)15(2)5-4-9(16)20-3/h6,13H,4-5H2,1-3H3,(H,14,19)(H,17,18). The number of aromatic amines is 1. The first-order chi connectivity index (χ1) is 9.35. The van der Waals surface area contributed by atoms with E-state index < -0.39 is 18.0 Å². The largest absolute Gasteiger partial charge is 0.477 e. The summed E-state index contributed by atoms with van der Waals surface area (Å²) in [6.07, 6.45) is 0.0678. The number of carboxylic acid groups (broad SMARTS) is 1. The number of urea groups is 1. The molecular weight excluding hydrogens is 266 g/mol. The van der Waals surface area contributed by atoms with Gasteiger partial charge in [0.05, 0.1) is 19.2 Å². The molecule has 0 aliphatic carbocycles. The Morgan fingerprint density at radius 1 is 1.45 bits per heavy atom. The highest BCUT2D eigenvalue weighted by molar-refractivity contribution is 5.99. The van der Waals surface area contributed by atoms with Crippen molar-refractivity contribution in [2.75, 3.05) is 26.0 Å². The maximum atomic E-state index is 11.9. The van der Waals surface area contributed by atoms with Crippen LogP contribution < -0.4 is 5.32 Å². The van der Waals surface area contributed by atoms with Crippen LogP contribution in [0.5, 0.6) is 0 Å². The van der Waals surface area contributed by atoms with Gasteiger partial charge >= 0.3 is 18.0 Å². The third-order valence-corrected chi connectivity index (χ3v) is 2.63. The zero-order chi connectivity index (χ0) is 15.3. The number of amides is 2. The number of aromatic carboxylic acids is 1. The Morgan fingerprint density at radius 2 is 2.10 bits per heavy atom. The highest BCUT2D eigenvalue weighted by Gasteiger charge is 2.17. The van der Waals surface area contributed by atoms with Gasteiger partial charge < -0.3 is 25.0 Å². The third-order valence-electron chi connectivity index (χ3n) is 2.63. The van der Waals surface area contributed by atoms with Gasteiger partial charge in [0.2, 0.25) is 0 Å². The van der Waals surface area contributed by atoms with E-state index in [-0.39, 0.29) is 24.3 Å². The van der Waals surface area contributed by atoms with E-state index in [1.807, 2.05) is 0 Å². The lowest BCUT2D eigenvalue weighted by molar-refractivity contribution is -0.140. The van der Waals surface area contributed by atoms with E-state index in [4.69, 9.17) is 5.11 Å². The van der Waals surface area contributed by atoms with E-state index in [0.29, 0.717) is 5.69 Å². The second-order valence-electron chi connectivity index (χ2n) is 4.22. The molecule has 0 unspecified atom stereocenters. The molecule has 0 radical (unpaired) electrons. The van der Waals surface area contributed by atoms with Gasteiger partial charge in [-0.2, -0.15) is 0 Å². The van der Waals surface area contributed by atoms with Crippen LogP contribution in [0.15, 0.2) is 6.07 Å². The van der Waals surface area contributed by atoms with Gasteiger partial charge in [-0.25, -0.2) is 9.59 Å². The molecule has 3 N–H and O–H groups in total. The number of carbonyl (C=O) groups is 3. The van der Waals surface area contributed by atoms with Gasteiger partial charge in [-0.05, 0) is 13.0 Å². The van der Waals surface area contributed by atoms with E-state index in [1.165, 1.54) is 25.1 Å². The minimum absolute atomic E-state index is 0.0678. The molecule has 1 aromatic heterocycles. The van der Waals surface area contributed by atoms with Crippen molar-refractivity contribution in [1.82, 2.24) is 9.88 Å². The number of carboxylic acids is 1. The van der Waals surface area contributed by atoms with Crippen molar-refractivity contribution < 1.29 is 24.2 Å². The predicted molar refractivity (Wildman–Crippen MR) is 70.8 cm³/mol. The highest BCUT2D eigenvalue weighted by Crippen LogP contribution is 2.17. The molecule has 8 nitrogen and oxygen atoms in total. The number of carbonyl (C=O) groups excluding carboxylic acids is 2. The number of esters is 1. The number of methoxy groups -OCH3 is 1. The summed E-state index contributed by atoms with van der Waals surface area (Å²) >= 11 is 0. The van der Waals surface area contributed by atoms with Gasteiger partial charge in [0.25, 0.3) is 0 Å². The number of hydrogen-bond acceptors (Lipinski definition) is 4. The second kappa shape index (κ2) is 6.60.